The standard InChI is InChI=1S/C25H20ClN5OS/c1-17-2-12-22(13-3-17)31-24(19-6-8-20(26)9-7-19)29-30-25(31)33-16-23(32)28-21-10-4-18(5-11-21)14-15-27/h2-13H,14,16H2,1H3,(H,28,32). The van der Waals surface area contributed by atoms with E-state index < -0.39 is 0 Å². The second-order valence-corrected chi connectivity index (χ2v) is 8.73. The van der Waals surface area contributed by atoms with E-state index in [-0.39, 0.29) is 11.7 Å². The van der Waals surface area contributed by atoms with Gasteiger partial charge in [-0.1, -0.05) is 53.2 Å². The number of aromatic nitrogens is 3. The normalized spacial score (nSPS) is 10.6. The maximum Gasteiger partial charge on any atom is 0.234 e. The number of carbonyl (C=O) groups is 1. The number of aryl methyl sites for hydroxylation is 1. The monoisotopic (exact) mass is 473 g/mol. The summed E-state index contributed by atoms with van der Waals surface area (Å²) in [6.45, 7) is 2.03. The number of benzene rings is 3. The van der Waals surface area contributed by atoms with Gasteiger partial charge in [-0.3, -0.25) is 9.36 Å². The number of thioether (sulfide) groups is 1. The van der Waals surface area contributed by atoms with Crippen LogP contribution in [0.25, 0.3) is 17.1 Å². The van der Waals surface area contributed by atoms with Crippen molar-refractivity contribution in [1.82, 2.24) is 14.8 Å². The number of nitriles is 1. The van der Waals surface area contributed by atoms with Crippen LogP contribution < -0.4 is 5.32 Å². The Morgan fingerprint density at radius 1 is 1.03 bits per heavy atom. The van der Waals surface area contributed by atoms with Gasteiger partial charge in [-0.2, -0.15) is 5.26 Å². The smallest absolute Gasteiger partial charge is 0.234 e. The molecule has 1 heterocycles. The predicted octanol–water partition coefficient (Wildman–Crippen LogP) is 5.69. The van der Waals surface area contributed by atoms with E-state index in [1.165, 1.54) is 11.8 Å². The van der Waals surface area contributed by atoms with Crippen LogP contribution in [0.2, 0.25) is 5.02 Å². The highest BCUT2D eigenvalue weighted by Gasteiger charge is 2.17. The lowest BCUT2D eigenvalue weighted by Gasteiger charge is -2.11. The predicted molar refractivity (Wildman–Crippen MR) is 132 cm³/mol. The van der Waals surface area contributed by atoms with Crippen molar-refractivity contribution in [2.75, 3.05) is 11.1 Å². The molecule has 0 aliphatic rings. The molecule has 4 rings (SSSR count). The maximum atomic E-state index is 12.5. The van der Waals surface area contributed by atoms with Crippen molar-refractivity contribution in [3.63, 3.8) is 0 Å². The summed E-state index contributed by atoms with van der Waals surface area (Å²) in [7, 11) is 0. The lowest BCUT2D eigenvalue weighted by atomic mass is 10.1. The molecule has 3 aromatic carbocycles. The van der Waals surface area contributed by atoms with E-state index in [0.29, 0.717) is 28.1 Å². The average Bonchev–Trinajstić information content (AvgIpc) is 3.24. The number of nitrogens with zero attached hydrogens (tertiary/aromatic N) is 4. The first kappa shape index (κ1) is 22.6. The van der Waals surface area contributed by atoms with Crippen LogP contribution >= 0.6 is 23.4 Å². The molecule has 0 fully saturated rings. The minimum absolute atomic E-state index is 0.153. The summed E-state index contributed by atoms with van der Waals surface area (Å²) in [5, 5.41) is 21.7. The molecular formula is C25H20ClN5OS. The van der Waals surface area contributed by atoms with Crippen LogP contribution in [0.4, 0.5) is 5.69 Å². The Balaban J connectivity index is 1.54. The summed E-state index contributed by atoms with van der Waals surface area (Å²) < 4.78 is 1.94. The molecule has 33 heavy (non-hydrogen) atoms. The number of hydrogen-bond acceptors (Lipinski definition) is 5. The molecular weight excluding hydrogens is 454 g/mol. The largest absolute Gasteiger partial charge is 0.325 e. The third-order valence-electron chi connectivity index (χ3n) is 4.88. The molecule has 1 N–H and O–H groups in total. The highest BCUT2D eigenvalue weighted by molar-refractivity contribution is 7.99. The van der Waals surface area contributed by atoms with E-state index in [4.69, 9.17) is 16.9 Å². The Morgan fingerprint density at radius 3 is 2.39 bits per heavy atom. The fraction of sp³-hybridized carbons (Fsp3) is 0.120. The fourth-order valence-corrected chi connectivity index (χ4v) is 4.08. The van der Waals surface area contributed by atoms with Crippen LogP contribution in [0.5, 0.6) is 0 Å². The van der Waals surface area contributed by atoms with Crippen molar-refractivity contribution in [3.8, 4) is 23.1 Å². The van der Waals surface area contributed by atoms with Crippen LogP contribution in [-0.4, -0.2) is 26.4 Å². The number of halogens is 1. The number of anilines is 1. The fourth-order valence-electron chi connectivity index (χ4n) is 3.20. The molecule has 0 atom stereocenters. The second-order valence-electron chi connectivity index (χ2n) is 7.35. The van der Waals surface area contributed by atoms with Crippen LogP contribution in [0.1, 0.15) is 11.1 Å². The summed E-state index contributed by atoms with van der Waals surface area (Å²) in [6.07, 6.45) is 0.342. The highest BCUT2D eigenvalue weighted by Crippen LogP contribution is 2.29. The van der Waals surface area contributed by atoms with E-state index in [0.717, 1.165) is 22.4 Å². The van der Waals surface area contributed by atoms with Gasteiger partial charge < -0.3 is 5.32 Å². The van der Waals surface area contributed by atoms with Gasteiger partial charge in [0.2, 0.25) is 5.91 Å². The topological polar surface area (TPSA) is 83.6 Å². The van der Waals surface area contributed by atoms with E-state index in [2.05, 4.69) is 21.6 Å². The minimum atomic E-state index is -0.153. The molecule has 0 saturated carbocycles. The van der Waals surface area contributed by atoms with Gasteiger partial charge in [-0.05, 0) is 61.0 Å². The van der Waals surface area contributed by atoms with Crippen molar-refractivity contribution in [2.45, 2.75) is 18.5 Å². The molecule has 0 saturated heterocycles. The molecule has 0 aliphatic carbocycles. The third kappa shape index (κ3) is 5.61. The van der Waals surface area contributed by atoms with Gasteiger partial charge in [0.15, 0.2) is 11.0 Å². The van der Waals surface area contributed by atoms with Gasteiger partial charge in [0, 0.05) is 22.0 Å². The van der Waals surface area contributed by atoms with Gasteiger partial charge in [0.25, 0.3) is 0 Å². The summed E-state index contributed by atoms with van der Waals surface area (Å²) in [4.78, 5) is 12.5. The molecule has 4 aromatic rings. The van der Waals surface area contributed by atoms with Crippen molar-refractivity contribution in [3.05, 3.63) is 88.9 Å². The maximum absolute atomic E-state index is 12.5. The number of amides is 1. The van der Waals surface area contributed by atoms with Crippen LogP contribution in [-0.2, 0) is 11.2 Å². The number of hydrogen-bond donors (Lipinski definition) is 1. The SMILES string of the molecule is Cc1ccc(-n2c(SCC(=O)Nc3ccc(CC#N)cc3)nnc2-c2ccc(Cl)cc2)cc1. The summed E-state index contributed by atoms with van der Waals surface area (Å²) >= 11 is 7.36. The molecule has 0 unspecified atom stereocenters. The zero-order valence-corrected chi connectivity index (χ0v) is 19.4. The summed E-state index contributed by atoms with van der Waals surface area (Å²) in [5.41, 5.74) is 4.52. The number of rotatable bonds is 7. The minimum Gasteiger partial charge on any atom is -0.325 e. The molecule has 8 heteroatoms. The first-order valence-electron chi connectivity index (χ1n) is 10.2. The van der Waals surface area contributed by atoms with Crippen molar-refractivity contribution < 1.29 is 4.79 Å². The van der Waals surface area contributed by atoms with Crippen molar-refractivity contribution in [2.24, 2.45) is 0 Å². The van der Waals surface area contributed by atoms with E-state index in [1.54, 1.807) is 12.1 Å². The number of nitrogens with one attached hydrogen (secondary N) is 1. The Labute approximate surface area is 201 Å². The molecule has 6 nitrogen and oxygen atoms in total. The Kier molecular flexibility index (Phi) is 7.08. The lowest BCUT2D eigenvalue weighted by molar-refractivity contribution is -0.113. The Hall–Kier alpha value is -3.60. The molecule has 1 aromatic heterocycles. The third-order valence-corrected chi connectivity index (χ3v) is 6.06. The van der Waals surface area contributed by atoms with Gasteiger partial charge in [-0.15, -0.1) is 10.2 Å². The lowest BCUT2D eigenvalue weighted by Crippen LogP contribution is -2.14. The van der Waals surface area contributed by atoms with Gasteiger partial charge in [0.1, 0.15) is 0 Å². The summed E-state index contributed by atoms with van der Waals surface area (Å²) in [5.74, 6) is 0.691. The van der Waals surface area contributed by atoms with Crippen LogP contribution in [0.15, 0.2) is 78.0 Å². The van der Waals surface area contributed by atoms with Gasteiger partial charge >= 0.3 is 0 Å². The quantitative estimate of drug-likeness (QED) is 0.348. The van der Waals surface area contributed by atoms with E-state index >= 15 is 0 Å². The first-order chi connectivity index (χ1) is 16.0. The Bertz CT molecular complexity index is 1290. The first-order valence-corrected chi connectivity index (χ1v) is 11.6. The molecule has 164 valence electrons. The molecule has 1 amide bonds. The molecule has 0 radical (unpaired) electrons. The summed E-state index contributed by atoms with van der Waals surface area (Å²) in [6, 6.07) is 24.8. The average molecular weight is 474 g/mol. The zero-order valence-electron chi connectivity index (χ0n) is 17.8. The van der Waals surface area contributed by atoms with Crippen LogP contribution in [0.3, 0.4) is 0 Å². The second kappa shape index (κ2) is 10.3. The van der Waals surface area contributed by atoms with Crippen LogP contribution in [0, 0.1) is 18.3 Å². The number of carbonyl (C=O) groups excluding carboxylic acids is 1. The molecule has 0 spiro atoms. The van der Waals surface area contributed by atoms with Crippen molar-refractivity contribution >= 4 is 35.0 Å². The Morgan fingerprint density at radius 2 is 1.73 bits per heavy atom. The molecule has 0 aliphatic heterocycles. The zero-order chi connectivity index (χ0) is 23.2. The van der Waals surface area contributed by atoms with Crippen molar-refractivity contribution in [1.29, 1.82) is 5.26 Å². The van der Waals surface area contributed by atoms with Gasteiger partial charge in [-0.25, -0.2) is 0 Å². The van der Waals surface area contributed by atoms with Gasteiger partial charge in [0.05, 0.1) is 18.2 Å². The molecule has 0 bridgehead atoms. The highest BCUT2D eigenvalue weighted by atomic mass is 35.5. The van der Waals surface area contributed by atoms with E-state index in [1.807, 2.05) is 72.2 Å². The van der Waals surface area contributed by atoms with E-state index in [9.17, 15) is 4.79 Å².